The quantitative estimate of drug-likeness (QED) is 0.172. The second-order valence-electron chi connectivity index (χ2n) is 8.61. The number of nitrogens with one attached hydrogen (secondary N) is 1. The number of aryl methyl sites for hydroxylation is 1. The Labute approximate surface area is 208 Å². The number of hydrogen-bond donors (Lipinski definition) is 4. The van der Waals surface area contributed by atoms with Crippen molar-refractivity contribution in [1.29, 1.82) is 0 Å². The lowest BCUT2D eigenvalue weighted by molar-refractivity contribution is -0.136. The lowest BCUT2D eigenvalue weighted by atomic mass is 9.96. The van der Waals surface area contributed by atoms with Crippen LogP contribution in [0.5, 0.6) is 11.5 Å². The van der Waals surface area contributed by atoms with Crippen LogP contribution in [0.3, 0.4) is 0 Å². The number of hydrogen-bond acceptors (Lipinski definition) is 11. The van der Waals surface area contributed by atoms with E-state index in [-0.39, 0.29) is 51.7 Å². The van der Waals surface area contributed by atoms with Crippen LogP contribution in [0, 0.1) is 6.92 Å². The van der Waals surface area contributed by atoms with Gasteiger partial charge in [-0.05, 0) is 43.9 Å². The van der Waals surface area contributed by atoms with E-state index in [4.69, 9.17) is 25.3 Å². The number of esters is 1. The first kappa shape index (κ1) is 26.8. The van der Waals surface area contributed by atoms with Gasteiger partial charge < -0.3 is 35.7 Å². The Morgan fingerprint density at radius 3 is 2.56 bits per heavy atom. The van der Waals surface area contributed by atoms with Crippen LogP contribution in [-0.4, -0.2) is 51.4 Å². The minimum absolute atomic E-state index is 0.0174. The van der Waals surface area contributed by atoms with Gasteiger partial charge in [0, 0.05) is 19.5 Å². The minimum Gasteiger partial charge on any atom is -0.508 e. The van der Waals surface area contributed by atoms with Crippen molar-refractivity contribution in [2.24, 2.45) is 11.5 Å². The van der Waals surface area contributed by atoms with E-state index in [1.807, 2.05) is 13.8 Å². The summed E-state index contributed by atoms with van der Waals surface area (Å²) < 4.78 is 16.3. The van der Waals surface area contributed by atoms with E-state index in [2.05, 4.69) is 20.6 Å². The Hall–Kier alpha value is -3.77. The molecule has 2 heterocycles. The molecule has 0 fully saturated rings. The van der Waals surface area contributed by atoms with Gasteiger partial charge in [-0.1, -0.05) is 30.6 Å². The molecule has 0 aliphatic rings. The van der Waals surface area contributed by atoms with Crippen LogP contribution < -0.4 is 21.5 Å². The summed E-state index contributed by atoms with van der Waals surface area (Å²) in [6.07, 6.45) is 1.78. The number of carbonyl (C=O) groups is 2. The first-order valence-electron chi connectivity index (χ1n) is 11.8. The summed E-state index contributed by atoms with van der Waals surface area (Å²) in [7, 11) is 0. The van der Waals surface area contributed by atoms with Gasteiger partial charge in [0.1, 0.15) is 23.1 Å². The maximum Gasteiger partial charge on any atom is 0.328 e. The molecule has 0 bridgehead atoms. The fraction of sp³-hybridized carbons (Fsp3) is 0.458. The van der Waals surface area contributed by atoms with Crippen molar-refractivity contribution in [3.8, 4) is 34.2 Å². The summed E-state index contributed by atoms with van der Waals surface area (Å²) >= 11 is 0. The highest BCUT2D eigenvalue weighted by Crippen LogP contribution is 2.43. The Morgan fingerprint density at radius 1 is 1.19 bits per heavy atom. The van der Waals surface area contributed by atoms with Crippen molar-refractivity contribution in [3.05, 3.63) is 29.3 Å². The van der Waals surface area contributed by atoms with Gasteiger partial charge in [0.25, 0.3) is 5.91 Å². The Morgan fingerprint density at radius 2 is 1.94 bits per heavy atom. The van der Waals surface area contributed by atoms with Crippen molar-refractivity contribution in [1.82, 2.24) is 20.6 Å². The minimum atomic E-state index is -0.892. The Kier molecular flexibility index (Phi) is 8.78. The number of carbonyl (C=O) groups excluding carboxylic acids is 2. The van der Waals surface area contributed by atoms with Crippen LogP contribution >= 0.6 is 0 Å². The first-order valence-corrected chi connectivity index (χ1v) is 11.8. The van der Waals surface area contributed by atoms with Gasteiger partial charge in [-0.25, -0.2) is 4.79 Å². The summed E-state index contributed by atoms with van der Waals surface area (Å²) in [5.74, 6) is -0.974. The molecule has 1 atom stereocenters. The topological polar surface area (TPSA) is 193 Å². The van der Waals surface area contributed by atoms with Crippen molar-refractivity contribution in [2.45, 2.75) is 58.9 Å². The molecule has 0 unspecified atom stereocenters. The molecular formula is C24H32N6O6. The highest BCUT2D eigenvalue weighted by atomic mass is 16.5. The zero-order valence-corrected chi connectivity index (χ0v) is 20.8. The molecule has 0 aliphatic heterocycles. The van der Waals surface area contributed by atoms with E-state index in [0.29, 0.717) is 31.5 Å². The van der Waals surface area contributed by atoms with Gasteiger partial charge in [-0.15, -0.1) is 0 Å². The number of aromatic nitrogens is 3. The third kappa shape index (κ3) is 5.89. The molecular weight excluding hydrogens is 468 g/mol. The van der Waals surface area contributed by atoms with Gasteiger partial charge >= 0.3 is 5.97 Å². The van der Waals surface area contributed by atoms with E-state index >= 15 is 0 Å². The number of aromatic hydroxyl groups is 1. The molecule has 1 aromatic carbocycles. The van der Waals surface area contributed by atoms with E-state index in [1.54, 1.807) is 19.9 Å². The van der Waals surface area contributed by atoms with Crippen LogP contribution in [0.1, 0.15) is 67.9 Å². The van der Waals surface area contributed by atoms with Crippen LogP contribution in [0.4, 0.5) is 0 Å². The number of rotatable bonds is 11. The number of phenols is 1. The molecule has 0 spiro atoms. The van der Waals surface area contributed by atoms with Crippen molar-refractivity contribution < 1.29 is 28.5 Å². The van der Waals surface area contributed by atoms with Crippen molar-refractivity contribution in [2.75, 3.05) is 13.1 Å². The van der Waals surface area contributed by atoms with E-state index in [9.17, 15) is 14.7 Å². The molecule has 3 aromatic rings. The zero-order valence-electron chi connectivity index (χ0n) is 20.8. The number of unbranched alkanes of at least 4 members (excludes halogenated alkanes) is 1. The van der Waals surface area contributed by atoms with Crippen LogP contribution in [0.15, 0.2) is 21.2 Å². The maximum atomic E-state index is 12.8. The summed E-state index contributed by atoms with van der Waals surface area (Å²) in [4.78, 5) is 29.7. The average Bonchev–Trinajstić information content (AvgIpc) is 3.45. The lowest BCUT2D eigenvalue weighted by Crippen LogP contribution is -2.34. The smallest absolute Gasteiger partial charge is 0.328 e. The Balaban J connectivity index is 2.15. The number of nitrogens with zero attached hydrogens (tertiary/aromatic N) is 3. The fourth-order valence-corrected chi connectivity index (χ4v) is 3.60. The third-order valence-electron chi connectivity index (χ3n) is 5.47. The summed E-state index contributed by atoms with van der Waals surface area (Å²) in [6, 6.07) is 2.03. The summed E-state index contributed by atoms with van der Waals surface area (Å²) in [6.45, 7) is 8.00. The number of phenolic OH excluding ortho intramolecular Hbond substituents is 1. The van der Waals surface area contributed by atoms with E-state index < -0.39 is 17.9 Å². The van der Waals surface area contributed by atoms with Gasteiger partial charge in [0.15, 0.2) is 11.5 Å². The molecule has 0 saturated heterocycles. The molecule has 12 nitrogen and oxygen atoms in total. The molecule has 0 radical (unpaired) electrons. The molecule has 6 N–H and O–H groups in total. The van der Waals surface area contributed by atoms with Gasteiger partial charge in [0.05, 0.1) is 5.56 Å². The van der Waals surface area contributed by atoms with Crippen molar-refractivity contribution >= 4 is 11.9 Å². The largest absolute Gasteiger partial charge is 0.508 e. The highest BCUT2D eigenvalue weighted by Gasteiger charge is 2.31. The van der Waals surface area contributed by atoms with Crippen LogP contribution in [-0.2, 0) is 4.79 Å². The number of amides is 1. The SMILES string of the molecule is CCNC(=O)c1noc(-c2cc(C(C)C)c(O)cc2OC(=O)[C@@H](N)CCCCN)c1-c1noc(C)n1. The Bertz CT molecular complexity index is 1220. The predicted molar refractivity (Wildman–Crippen MR) is 130 cm³/mol. The van der Waals surface area contributed by atoms with E-state index in [0.717, 1.165) is 6.42 Å². The van der Waals surface area contributed by atoms with Gasteiger partial charge in [0.2, 0.25) is 11.7 Å². The van der Waals surface area contributed by atoms with Crippen molar-refractivity contribution in [3.63, 3.8) is 0 Å². The van der Waals surface area contributed by atoms with E-state index in [1.165, 1.54) is 6.07 Å². The molecule has 12 heteroatoms. The molecule has 194 valence electrons. The van der Waals surface area contributed by atoms with Gasteiger partial charge in [-0.3, -0.25) is 4.79 Å². The second kappa shape index (κ2) is 11.8. The molecule has 3 rings (SSSR count). The van der Waals surface area contributed by atoms with Crippen LogP contribution in [0.25, 0.3) is 22.7 Å². The summed E-state index contributed by atoms with van der Waals surface area (Å²) in [5.41, 5.74) is 12.4. The highest BCUT2D eigenvalue weighted by molar-refractivity contribution is 6.01. The fourth-order valence-electron chi connectivity index (χ4n) is 3.60. The molecule has 36 heavy (non-hydrogen) atoms. The predicted octanol–water partition coefficient (Wildman–Crippen LogP) is 2.64. The molecule has 1 amide bonds. The third-order valence-corrected chi connectivity index (χ3v) is 5.47. The second-order valence-corrected chi connectivity index (χ2v) is 8.61. The lowest BCUT2D eigenvalue weighted by Gasteiger charge is -2.16. The average molecular weight is 501 g/mol. The van der Waals surface area contributed by atoms with Crippen LogP contribution in [0.2, 0.25) is 0 Å². The van der Waals surface area contributed by atoms with Gasteiger partial charge in [-0.2, -0.15) is 4.98 Å². The molecule has 0 aliphatic carbocycles. The molecule has 2 aromatic heterocycles. The zero-order chi connectivity index (χ0) is 26.4. The number of benzene rings is 1. The monoisotopic (exact) mass is 500 g/mol. The number of ether oxygens (including phenoxy) is 1. The summed E-state index contributed by atoms with van der Waals surface area (Å²) in [5, 5.41) is 21.2. The molecule has 0 saturated carbocycles. The first-order chi connectivity index (χ1) is 17.2. The maximum absolute atomic E-state index is 12.8. The normalized spacial score (nSPS) is 12.1. The standard InChI is InChI=1S/C24H32N6O6/c1-5-27-23(32)20-19(22-28-13(4)35-30-22)21(36-29-20)15-10-14(12(2)3)17(31)11-18(15)34-24(33)16(26)8-6-7-9-25/h10-12,16,31H,5-9,25-26H2,1-4H3,(H,27,32)/t16-/m0/s1. The number of nitrogens with two attached hydrogens (primary N) is 2.